The fraction of sp³-hybridized carbons (Fsp3) is 0.750. The van der Waals surface area contributed by atoms with Gasteiger partial charge < -0.3 is 4.74 Å². The molecular formula is C16H26N2O2. The third-order valence-corrected chi connectivity index (χ3v) is 4.61. The van der Waals surface area contributed by atoms with Crippen LogP contribution in [0.5, 0.6) is 0 Å². The smallest absolute Gasteiger partial charge is 0.170 e. The van der Waals surface area contributed by atoms with Crippen LogP contribution in [0.1, 0.15) is 64.1 Å². The number of hydrogen-bond donors (Lipinski definition) is 0. The van der Waals surface area contributed by atoms with Gasteiger partial charge in [-0.3, -0.25) is 9.48 Å². The van der Waals surface area contributed by atoms with Gasteiger partial charge >= 0.3 is 0 Å². The Morgan fingerprint density at radius 3 is 2.75 bits per heavy atom. The molecule has 1 aliphatic carbocycles. The maximum atomic E-state index is 12.6. The minimum absolute atomic E-state index is 0.189. The van der Waals surface area contributed by atoms with Crippen molar-refractivity contribution in [2.45, 2.75) is 70.4 Å². The highest BCUT2D eigenvalue weighted by atomic mass is 16.5. The fourth-order valence-corrected chi connectivity index (χ4v) is 2.95. The lowest BCUT2D eigenvalue weighted by Gasteiger charge is -2.34. The summed E-state index contributed by atoms with van der Waals surface area (Å²) in [7, 11) is 1.67. The number of carbonyl (C=O) groups excluding carboxylic acids is 1. The van der Waals surface area contributed by atoms with E-state index < -0.39 is 5.60 Å². The van der Waals surface area contributed by atoms with Crippen molar-refractivity contribution in [3.63, 3.8) is 0 Å². The van der Waals surface area contributed by atoms with Crippen LogP contribution in [-0.2, 0) is 16.0 Å². The van der Waals surface area contributed by atoms with Crippen LogP contribution in [0.4, 0.5) is 0 Å². The van der Waals surface area contributed by atoms with Crippen LogP contribution in [0, 0.1) is 0 Å². The van der Waals surface area contributed by atoms with Crippen LogP contribution in [0.15, 0.2) is 12.3 Å². The summed E-state index contributed by atoms with van der Waals surface area (Å²) in [5.74, 6) is 0.189. The van der Waals surface area contributed by atoms with Gasteiger partial charge in [-0.25, -0.2) is 0 Å². The predicted octanol–water partition coefficient (Wildman–Crippen LogP) is 3.32. The highest BCUT2D eigenvalue weighted by Gasteiger charge is 2.39. The zero-order chi connectivity index (χ0) is 14.6. The molecule has 0 aromatic carbocycles. The monoisotopic (exact) mass is 278 g/mol. The first-order valence-electron chi connectivity index (χ1n) is 7.74. The lowest BCUT2D eigenvalue weighted by molar-refractivity contribution is -0.144. The summed E-state index contributed by atoms with van der Waals surface area (Å²) in [5.41, 5.74) is 0.301. The van der Waals surface area contributed by atoms with Crippen LogP contribution < -0.4 is 0 Å². The number of nitrogens with zero attached hydrogens (tertiary/aromatic N) is 2. The van der Waals surface area contributed by atoms with E-state index >= 15 is 0 Å². The molecule has 1 fully saturated rings. The molecule has 20 heavy (non-hydrogen) atoms. The highest BCUT2D eigenvalue weighted by molar-refractivity contribution is 5.89. The molecule has 0 bridgehead atoms. The molecule has 1 saturated carbocycles. The van der Waals surface area contributed by atoms with Crippen molar-refractivity contribution >= 4 is 5.78 Å². The Balaban J connectivity index is 2.04. The number of Topliss-reactive ketones (excluding diaryl/α,β-unsaturated/α-hetero) is 1. The molecule has 0 saturated heterocycles. The largest absolute Gasteiger partial charge is 0.370 e. The Hall–Kier alpha value is -1.16. The zero-order valence-electron chi connectivity index (χ0n) is 12.9. The Morgan fingerprint density at radius 1 is 1.45 bits per heavy atom. The van der Waals surface area contributed by atoms with E-state index in [1.165, 1.54) is 6.42 Å². The normalized spacial score (nSPS) is 19.8. The summed E-state index contributed by atoms with van der Waals surface area (Å²) in [6.07, 6.45) is 8.48. The second-order valence-electron chi connectivity index (χ2n) is 5.90. The van der Waals surface area contributed by atoms with Crippen LogP contribution in [0.2, 0.25) is 0 Å². The van der Waals surface area contributed by atoms with E-state index in [0.717, 1.165) is 37.8 Å². The first-order chi connectivity index (χ1) is 9.61. The minimum atomic E-state index is -0.557. The molecule has 0 aliphatic heterocycles. The van der Waals surface area contributed by atoms with Gasteiger partial charge in [0.1, 0.15) is 5.60 Å². The molecule has 1 atom stereocenters. The molecule has 4 heteroatoms. The average Bonchev–Trinajstić information content (AvgIpc) is 2.95. The standard InChI is InChI=1S/C16H26N2O2/c1-4-13(2)18-11-8-14(17-18)12-15(19)16(20-3)9-6-5-7-10-16/h8,11,13H,4-7,9-10,12H2,1-3H3. The van der Waals surface area contributed by atoms with E-state index in [1.54, 1.807) is 7.11 Å². The van der Waals surface area contributed by atoms with E-state index in [0.29, 0.717) is 12.5 Å². The van der Waals surface area contributed by atoms with Crippen molar-refractivity contribution in [2.24, 2.45) is 0 Å². The molecule has 1 heterocycles. The molecular weight excluding hydrogens is 252 g/mol. The average molecular weight is 278 g/mol. The Morgan fingerprint density at radius 2 is 2.15 bits per heavy atom. The van der Waals surface area contributed by atoms with Crippen LogP contribution in [-0.4, -0.2) is 28.3 Å². The van der Waals surface area contributed by atoms with E-state index in [9.17, 15) is 4.79 Å². The lowest BCUT2D eigenvalue weighted by Crippen LogP contribution is -2.43. The summed E-state index contributed by atoms with van der Waals surface area (Å²) < 4.78 is 7.55. The van der Waals surface area contributed by atoms with Gasteiger partial charge in [-0.1, -0.05) is 26.2 Å². The quantitative estimate of drug-likeness (QED) is 0.802. The number of carbonyl (C=O) groups is 1. The number of ether oxygens (including phenoxy) is 1. The topological polar surface area (TPSA) is 44.1 Å². The van der Waals surface area contributed by atoms with Crippen LogP contribution >= 0.6 is 0 Å². The fourth-order valence-electron chi connectivity index (χ4n) is 2.95. The zero-order valence-corrected chi connectivity index (χ0v) is 12.9. The molecule has 1 aromatic heterocycles. The number of aromatic nitrogens is 2. The van der Waals surface area contributed by atoms with Crippen molar-refractivity contribution in [1.29, 1.82) is 0 Å². The van der Waals surface area contributed by atoms with Crippen LogP contribution in [0.3, 0.4) is 0 Å². The summed E-state index contributed by atoms with van der Waals surface area (Å²) >= 11 is 0. The maximum Gasteiger partial charge on any atom is 0.170 e. The summed E-state index contributed by atoms with van der Waals surface area (Å²) in [5, 5.41) is 4.52. The third-order valence-electron chi connectivity index (χ3n) is 4.61. The number of hydrogen-bond acceptors (Lipinski definition) is 3. The summed E-state index contributed by atoms with van der Waals surface area (Å²) in [6.45, 7) is 4.27. The van der Waals surface area contributed by atoms with Gasteiger partial charge in [0, 0.05) is 19.3 Å². The van der Waals surface area contributed by atoms with Gasteiger partial charge in [0.25, 0.3) is 0 Å². The third kappa shape index (κ3) is 3.11. The van der Waals surface area contributed by atoms with Gasteiger partial charge in [0.2, 0.25) is 0 Å². The maximum absolute atomic E-state index is 12.6. The molecule has 4 nitrogen and oxygen atoms in total. The molecule has 112 valence electrons. The Labute approximate surface area is 121 Å². The van der Waals surface area contributed by atoms with Crippen molar-refractivity contribution < 1.29 is 9.53 Å². The lowest BCUT2D eigenvalue weighted by atomic mass is 9.80. The van der Waals surface area contributed by atoms with Crippen molar-refractivity contribution in [1.82, 2.24) is 9.78 Å². The number of ketones is 1. The van der Waals surface area contributed by atoms with Gasteiger partial charge in [0.15, 0.2) is 5.78 Å². The van der Waals surface area contributed by atoms with Gasteiger partial charge in [-0.15, -0.1) is 0 Å². The molecule has 0 spiro atoms. The van der Waals surface area contributed by atoms with E-state index in [4.69, 9.17) is 4.74 Å². The Bertz CT molecular complexity index is 447. The van der Waals surface area contributed by atoms with Crippen LogP contribution in [0.25, 0.3) is 0 Å². The van der Waals surface area contributed by atoms with Crippen molar-refractivity contribution in [3.05, 3.63) is 18.0 Å². The first-order valence-corrected chi connectivity index (χ1v) is 7.74. The van der Waals surface area contributed by atoms with E-state index in [2.05, 4.69) is 18.9 Å². The molecule has 1 aromatic rings. The SMILES string of the molecule is CCC(C)n1ccc(CC(=O)C2(OC)CCCCC2)n1. The number of rotatable bonds is 6. The van der Waals surface area contributed by atoms with Gasteiger partial charge in [-0.2, -0.15) is 5.10 Å². The molecule has 1 aliphatic rings. The second-order valence-corrected chi connectivity index (χ2v) is 5.90. The summed E-state index contributed by atoms with van der Waals surface area (Å²) in [4.78, 5) is 12.6. The number of methoxy groups -OCH3 is 1. The first kappa shape index (κ1) is 15.2. The van der Waals surface area contributed by atoms with Gasteiger partial charge in [0.05, 0.1) is 12.1 Å². The molecule has 0 radical (unpaired) electrons. The predicted molar refractivity (Wildman–Crippen MR) is 78.8 cm³/mol. The second kappa shape index (κ2) is 6.53. The molecule has 0 N–H and O–H groups in total. The minimum Gasteiger partial charge on any atom is -0.370 e. The van der Waals surface area contributed by atoms with E-state index in [-0.39, 0.29) is 5.78 Å². The van der Waals surface area contributed by atoms with Crippen molar-refractivity contribution in [2.75, 3.05) is 7.11 Å². The molecule has 2 rings (SSSR count). The molecule has 1 unspecified atom stereocenters. The highest BCUT2D eigenvalue weighted by Crippen LogP contribution is 2.32. The Kier molecular flexibility index (Phi) is 4.97. The van der Waals surface area contributed by atoms with Crippen molar-refractivity contribution in [3.8, 4) is 0 Å². The van der Waals surface area contributed by atoms with Gasteiger partial charge in [-0.05, 0) is 32.3 Å². The summed E-state index contributed by atoms with van der Waals surface area (Å²) in [6, 6.07) is 2.33. The van der Waals surface area contributed by atoms with E-state index in [1.807, 2.05) is 16.9 Å². The molecule has 0 amide bonds.